The zero-order valence-corrected chi connectivity index (χ0v) is 39.4. The Kier molecular flexibility index (Phi) is 13.5. The van der Waals surface area contributed by atoms with E-state index in [1.807, 2.05) is 22.1 Å². The van der Waals surface area contributed by atoms with Crippen LogP contribution in [0.4, 0.5) is 9.59 Å². The van der Waals surface area contributed by atoms with Gasteiger partial charge in [0.1, 0.15) is 23.7 Å². The summed E-state index contributed by atoms with van der Waals surface area (Å²) in [6.07, 6.45) is 7.55. The molecule has 4 amide bonds. The molecule has 4 saturated heterocycles. The standard InChI is InChI=1S/C49H62N8O8Si/c1-62-48(60)54-41(32-8-6-22-64-24-19-32)46(58)56-21-5-10-39(56)45-51-37-18-16-35-26-34(15-17-36(35)43(37)53-45)30-11-13-31(14-12-30)38-27-50-44(52-38)40-28-66(3,4)29-57(40)47(59)42(55-49(61)63-2)33-9-7-23-65-25-20-33/h11-18,26-27,32-33,39-42H,5-10,19-25,28-29H2,1-4H3,(H,50,52)(H,51,53)(H,54,60)(H,55,61)/t32?,33?,39-,40-,41-,42-/m0/s1. The number of H-pyrrole nitrogens is 2. The molecular weight excluding hydrogens is 857 g/mol. The molecule has 4 aliphatic heterocycles. The van der Waals surface area contributed by atoms with E-state index < -0.39 is 32.3 Å². The number of nitrogens with one attached hydrogen (secondary N) is 4. The van der Waals surface area contributed by atoms with E-state index in [1.165, 1.54) is 14.2 Å². The molecule has 0 saturated carbocycles. The van der Waals surface area contributed by atoms with Gasteiger partial charge in [0.15, 0.2) is 0 Å². The first-order valence-corrected chi connectivity index (χ1v) is 26.9. The molecule has 6 heterocycles. The SMILES string of the molecule is COC(=O)N[C@H](C(=O)N1C[Si](C)(C)C[C@H]1c1ncc(-c2ccc(-c3ccc4c(ccc5nc([C@@H]6CCCN6C(=O)[C@@H](NC(=O)OC)C6CCCOCC6)[nH]c54)c3)cc2)[nH]1)C1CCCOCC1. The van der Waals surface area contributed by atoms with Crippen molar-refractivity contribution in [3.8, 4) is 22.4 Å². The van der Waals surface area contributed by atoms with Gasteiger partial charge in [-0.25, -0.2) is 19.6 Å². The Morgan fingerprint density at radius 2 is 1.35 bits per heavy atom. The van der Waals surface area contributed by atoms with Gasteiger partial charge in [-0.1, -0.05) is 55.6 Å². The Labute approximate surface area is 385 Å². The van der Waals surface area contributed by atoms with Crippen LogP contribution >= 0.6 is 0 Å². The van der Waals surface area contributed by atoms with E-state index in [9.17, 15) is 19.2 Å². The van der Waals surface area contributed by atoms with Crippen molar-refractivity contribution < 1.29 is 38.1 Å². The maximum absolute atomic E-state index is 14.4. The summed E-state index contributed by atoms with van der Waals surface area (Å²) < 4.78 is 21.3. The van der Waals surface area contributed by atoms with Crippen molar-refractivity contribution in [2.24, 2.45) is 11.8 Å². The molecule has 5 aromatic rings. The maximum atomic E-state index is 14.4. The quantitative estimate of drug-likeness (QED) is 0.101. The summed E-state index contributed by atoms with van der Waals surface area (Å²) in [6.45, 7) is 7.61. The lowest BCUT2D eigenvalue weighted by Crippen LogP contribution is -2.53. The van der Waals surface area contributed by atoms with Crippen LogP contribution in [-0.2, 0) is 28.5 Å². The summed E-state index contributed by atoms with van der Waals surface area (Å²) in [6, 6.07) is 18.0. The van der Waals surface area contributed by atoms with Crippen LogP contribution in [0.1, 0.15) is 75.1 Å². The third kappa shape index (κ3) is 9.56. The number of ether oxygens (including phenoxy) is 4. The lowest BCUT2D eigenvalue weighted by molar-refractivity contribution is -0.136. The van der Waals surface area contributed by atoms with Crippen LogP contribution < -0.4 is 10.6 Å². The monoisotopic (exact) mass is 918 g/mol. The summed E-state index contributed by atoms with van der Waals surface area (Å²) in [4.78, 5) is 74.5. The first kappa shape index (κ1) is 45.4. The minimum absolute atomic E-state index is 0.0463. The molecule has 66 heavy (non-hydrogen) atoms. The van der Waals surface area contributed by atoms with Crippen LogP contribution in [0.5, 0.6) is 0 Å². The van der Waals surface area contributed by atoms with E-state index in [-0.39, 0.29) is 35.7 Å². The van der Waals surface area contributed by atoms with Crippen LogP contribution in [0.2, 0.25) is 19.1 Å². The first-order valence-electron chi connectivity index (χ1n) is 23.5. The number of hydrogen-bond acceptors (Lipinski definition) is 10. The third-order valence-electron chi connectivity index (χ3n) is 14.2. The second kappa shape index (κ2) is 19.6. The number of imidazole rings is 2. The lowest BCUT2D eigenvalue weighted by Gasteiger charge is -2.32. The van der Waals surface area contributed by atoms with Crippen molar-refractivity contribution in [3.05, 3.63) is 72.4 Å². The van der Waals surface area contributed by atoms with Gasteiger partial charge in [-0.3, -0.25) is 9.59 Å². The van der Waals surface area contributed by atoms with E-state index in [1.54, 1.807) is 0 Å². The van der Waals surface area contributed by atoms with Gasteiger partial charge in [0, 0.05) is 44.5 Å². The predicted octanol–water partition coefficient (Wildman–Crippen LogP) is 7.65. The molecule has 17 heteroatoms. The molecule has 0 spiro atoms. The number of aromatic amines is 2. The van der Waals surface area contributed by atoms with E-state index in [0.717, 1.165) is 100 Å². The summed E-state index contributed by atoms with van der Waals surface area (Å²) in [7, 11) is 0.839. The van der Waals surface area contributed by atoms with E-state index in [4.69, 9.17) is 28.9 Å². The molecule has 3 aromatic carbocycles. The molecule has 4 N–H and O–H groups in total. The van der Waals surface area contributed by atoms with Gasteiger partial charge < -0.3 is 49.3 Å². The number of fused-ring (bicyclic) bond motifs is 3. The number of carbonyl (C=O) groups is 4. The van der Waals surface area contributed by atoms with Crippen LogP contribution in [0, 0.1) is 11.8 Å². The fraction of sp³-hybridized carbons (Fsp3) is 0.510. The average Bonchev–Trinajstić information content (AvgIpc) is 4.09. The number of methoxy groups -OCH3 is 2. The number of rotatable bonds is 10. The van der Waals surface area contributed by atoms with Gasteiger partial charge in [0.05, 0.1) is 57.3 Å². The zero-order chi connectivity index (χ0) is 46.0. The topological polar surface area (TPSA) is 193 Å². The van der Waals surface area contributed by atoms with E-state index in [2.05, 4.69) is 82.2 Å². The Bertz CT molecular complexity index is 2550. The second-order valence-electron chi connectivity index (χ2n) is 19.2. The maximum Gasteiger partial charge on any atom is 0.407 e. The summed E-state index contributed by atoms with van der Waals surface area (Å²) in [5, 5.41) is 7.85. The number of carbonyl (C=O) groups excluding carboxylic acids is 4. The van der Waals surface area contributed by atoms with Crippen LogP contribution in [0.3, 0.4) is 0 Å². The van der Waals surface area contributed by atoms with Crippen LogP contribution in [0.25, 0.3) is 44.2 Å². The highest BCUT2D eigenvalue weighted by Gasteiger charge is 2.47. The van der Waals surface area contributed by atoms with Gasteiger partial charge >= 0.3 is 12.2 Å². The van der Waals surface area contributed by atoms with E-state index in [0.29, 0.717) is 52.0 Å². The molecule has 6 atom stereocenters. The number of aromatic nitrogens is 4. The fourth-order valence-electron chi connectivity index (χ4n) is 10.7. The van der Waals surface area contributed by atoms with Crippen molar-refractivity contribution in [2.75, 3.05) is 53.4 Å². The molecule has 0 radical (unpaired) electrons. The Balaban J connectivity index is 0.914. The number of nitrogens with zero attached hydrogens (tertiary/aromatic N) is 4. The molecule has 4 fully saturated rings. The smallest absolute Gasteiger partial charge is 0.407 e. The Morgan fingerprint density at radius 3 is 2.02 bits per heavy atom. The molecule has 9 rings (SSSR count). The molecule has 0 bridgehead atoms. The molecule has 0 aliphatic carbocycles. The van der Waals surface area contributed by atoms with Crippen molar-refractivity contribution in [2.45, 2.75) is 94.7 Å². The minimum Gasteiger partial charge on any atom is -0.453 e. The number of alkyl carbamates (subject to hydrolysis) is 2. The zero-order valence-electron chi connectivity index (χ0n) is 38.4. The predicted molar refractivity (Wildman–Crippen MR) is 252 cm³/mol. The third-order valence-corrected chi connectivity index (χ3v) is 16.9. The Hall–Kier alpha value is -5.78. The molecule has 2 unspecified atom stereocenters. The summed E-state index contributed by atoms with van der Waals surface area (Å²) in [5.41, 5.74) is 5.74. The highest BCUT2D eigenvalue weighted by atomic mass is 28.3. The van der Waals surface area contributed by atoms with Crippen molar-refractivity contribution in [1.29, 1.82) is 0 Å². The van der Waals surface area contributed by atoms with Gasteiger partial charge in [-0.2, -0.15) is 0 Å². The van der Waals surface area contributed by atoms with Gasteiger partial charge in [0.25, 0.3) is 0 Å². The molecule has 4 aliphatic rings. The minimum atomic E-state index is -1.81. The van der Waals surface area contributed by atoms with Crippen LogP contribution in [0.15, 0.2) is 60.8 Å². The first-order chi connectivity index (χ1) is 32.0. The largest absolute Gasteiger partial charge is 0.453 e. The highest BCUT2D eigenvalue weighted by molar-refractivity contribution is 6.78. The van der Waals surface area contributed by atoms with Crippen molar-refractivity contribution in [1.82, 2.24) is 40.4 Å². The number of amides is 4. The van der Waals surface area contributed by atoms with Gasteiger partial charge in [-0.05, 0) is 103 Å². The van der Waals surface area contributed by atoms with E-state index >= 15 is 0 Å². The average molecular weight is 919 g/mol. The number of benzene rings is 3. The molecule has 350 valence electrons. The lowest BCUT2D eigenvalue weighted by atomic mass is 9.91. The normalized spacial score (nSPS) is 23.2. The number of hydrogen-bond donors (Lipinski definition) is 4. The van der Waals surface area contributed by atoms with Crippen molar-refractivity contribution >= 4 is 53.9 Å². The van der Waals surface area contributed by atoms with Gasteiger partial charge in [-0.15, -0.1) is 0 Å². The molecule has 16 nitrogen and oxygen atoms in total. The van der Waals surface area contributed by atoms with Gasteiger partial charge in [0.2, 0.25) is 11.8 Å². The van der Waals surface area contributed by atoms with Crippen molar-refractivity contribution in [3.63, 3.8) is 0 Å². The summed E-state index contributed by atoms with van der Waals surface area (Å²) in [5.74, 6) is 1.21. The van der Waals surface area contributed by atoms with Crippen LogP contribution in [-0.4, -0.2) is 127 Å². The Morgan fingerprint density at radius 1 is 0.712 bits per heavy atom. The second-order valence-corrected chi connectivity index (χ2v) is 24.2. The number of likely N-dealkylation sites (tertiary alicyclic amines) is 1. The highest BCUT2D eigenvalue weighted by Crippen LogP contribution is 2.40. The fourth-order valence-corrected chi connectivity index (χ4v) is 13.6. The summed E-state index contributed by atoms with van der Waals surface area (Å²) >= 11 is 0. The molecular formula is C49H62N8O8Si. The molecule has 2 aromatic heterocycles.